The minimum Gasteiger partial charge on any atom is -0.379 e. The summed E-state index contributed by atoms with van der Waals surface area (Å²) in [6.07, 6.45) is 0.692. The van der Waals surface area contributed by atoms with Crippen molar-refractivity contribution >= 4 is 15.9 Å². The van der Waals surface area contributed by atoms with Crippen molar-refractivity contribution in [2.24, 2.45) is 5.92 Å². The number of benzene rings is 1. The molecule has 2 unspecified atom stereocenters. The number of carbonyl (C=O) groups excluding carboxylic acids is 1. The summed E-state index contributed by atoms with van der Waals surface area (Å²) in [5.41, 5.74) is 0.980. The quantitative estimate of drug-likeness (QED) is 0.652. The zero-order valence-electron chi connectivity index (χ0n) is 16.4. The van der Waals surface area contributed by atoms with E-state index in [2.05, 4.69) is 14.9 Å². The molecule has 0 bridgehead atoms. The molecule has 2 atom stereocenters. The molecule has 0 aromatic heterocycles. The lowest BCUT2D eigenvalue weighted by atomic mass is 9.99. The highest BCUT2D eigenvalue weighted by molar-refractivity contribution is 7.89. The van der Waals surface area contributed by atoms with Crippen LogP contribution in [0.3, 0.4) is 0 Å². The second-order valence-electron chi connectivity index (χ2n) is 7.04. The first kappa shape index (κ1) is 21.8. The monoisotopic (exact) mass is 397 g/mol. The summed E-state index contributed by atoms with van der Waals surface area (Å²) in [6.45, 7) is 10.1. The zero-order chi connectivity index (χ0) is 19.9. The summed E-state index contributed by atoms with van der Waals surface area (Å²) < 4.78 is 33.3. The number of carbonyl (C=O) groups is 1. The Labute approximate surface area is 162 Å². The molecule has 7 nitrogen and oxygen atoms in total. The largest absolute Gasteiger partial charge is 0.379 e. The van der Waals surface area contributed by atoms with Crippen LogP contribution in [-0.4, -0.2) is 64.7 Å². The highest BCUT2D eigenvalue weighted by atomic mass is 32.2. The molecule has 1 fully saturated rings. The third kappa shape index (κ3) is 6.57. The summed E-state index contributed by atoms with van der Waals surface area (Å²) in [7, 11) is -3.76. The van der Waals surface area contributed by atoms with E-state index in [-0.39, 0.29) is 16.7 Å². The first-order valence-electron chi connectivity index (χ1n) is 9.50. The number of hydrogen-bond donors (Lipinski definition) is 2. The maximum absolute atomic E-state index is 12.7. The van der Waals surface area contributed by atoms with Crippen molar-refractivity contribution in [3.05, 3.63) is 29.8 Å². The second-order valence-corrected chi connectivity index (χ2v) is 8.76. The molecule has 2 rings (SSSR count). The van der Waals surface area contributed by atoms with Crippen LogP contribution in [0.1, 0.15) is 25.8 Å². The molecule has 1 amide bonds. The summed E-state index contributed by atoms with van der Waals surface area (Å²) in [5.74, 6) is -0.401. The van der Waals surface area contributed by atoms with E-state index in [1.54, 1.807) is 24.3 Å². The normalized spacial score (nSPS) is 18.0. The van der Waals surface area contributed by atoms with Crippen LogP contribution in [0.2, 0.25) is 0 Å². The van der Waals surface area contributed by atoms with Crippen LogP contribution >= 0.6 is 0 Å². The Morgan fingerprint density at radius 2 is 1.85 bits per heavy atom. The van der Waals surface area contributed by atoms with Crippen molar-refractivity contribution in [3.63, 3.8) is 0 Å². The van der Waals surface area contributed by atoms with Gasteiger partial charge in [0.15, 0.2) is 0 Å². The molecule has 152 valence electrons. The topological polar surface area (TPSA) is 87.7 Å². The lowest BCUT2D eigenvalue weighted by Gasteiger charge is -2.27. The maximum Gasteiger partial charge on any atom is 0.241 e. The van der Waals surface area contributed by atoms with Crippen LogP contribution in [0, 0.1) is 12.8 Å². The van der Waals surface area contributed by atoms with E-state index in [1.807, 2.05) is 20.8 Å². The molecular formula is C19H31N3O4S. The Bertz CT molecular complexity index is 700. The average molecular weight is 398 g/mol. The highest BCUT2D eigenvalue weighted by Gasteiger charge is 2.29. The number of nitrogens with one attached hydrogen (secondary N) is 2. The van der Waals surface area contributed by atoms with Gasteiger partial charge in [-0.2, -0.15) is 4.72 Å². The van der Waals surface area contributed by atoms with Crippen molar-refractivity contribution in [2.75, 3.05) is 39.4 Å². The first-order valence-corrected chi connectivity index (χ1v) is 11.0. The number of hydrogen-bond acceptors (Lipinski definition) is 5. The van der Waals surface area contributed by atoms with Crippen LogP contribution in [0.5, 0.6) is 0 Å². The van der Waals surface area contributed by atoms with E-state index in [1.165, 1.54) is 0 Å². The third-order valence-electron chi connectivity index (χ3n) is 4.94. The van der Waals surface area contributed by atoms with Crippen molar-refractivity contribution in [2.45, 2.75) is 38.1 Å². The molecule has 0 aliphatic carbocycles. The SMILES string of the molecule is CCC(C)C(NS(=O)(=O)c1ccc(C)cc1)C(=O)NCCN1CCOCC1. The molecule has 1 aliphatic heterocycles. The van der Waals surface area contributed by atoms with Crippen LogP contribution in [-0.2, 0) is 19.6 Å². The van der Waals surface area contributed by atoms with Gasteiger partial charge >= 0.3 is 0 Å². The van der Waals surface area contributed by atoms with Gasteiger partial charge in [0.25, 0.3) is 0 Å². The molecule has 0 saturated carbocycles. The van der Waals surface area contributed by atoms with E-state index >= 15 is 0 Å². The number of aryl methyl sites for hydroxylation is 1. The molecule has 1 aromatic rings. The summed E-state index contributed by atoms with van der Waals surface area (Å²) in [5, 5.41) is 2.88. The fourth-order valence-corrected chi connectivity index (χ4v) is 4.19. The molecule has 2 N–H and O–H groups in total. The Kier molecular flexibility index (Phi) is 8.22. The van der Waals surface area contributed by atoms with Crippen LogP contribution in [0.25, 0.3) is 0 Å². The van der Waals surface area contributed by atoms with Crippen LogP contribution in [0.4, 0.5) is 0 Å². The van der Waals surface area contributed by atoms with E-state index in [9.17, 15) is 13.2 Å². The predicted octanol–water partition coefficient (Wildman–Crippen LogP) is 1.14. The van der Waals surface area contributed by atoms with Gasteiger partial charge in [0, 0.05) is 26.2 Å². The number of nitrogens with zero attached hydrogens (tertiary/aromatic N) is 1. The molecule has 1 saturated heterocycles. The van der Waals surface area contributed by atoms with Gasteiger partial charge < -0.3 is 10.1 Å². The number of amides is 1. The van der Waals surface area contributed by atoms with E-state index in [0.29, 0.717) is 26.2 Å². The Morgan fingerprint density at radius 1 is 1.22 bits per heavy atom. The number of rotatable bonds is 9. The molecule has 27 heavy (non-hydrogen) atoms. The predicted molar refractivity (Wildman–Crippen MR) is 105 cm³/mol. The van der Waals surface area contributed by atoms with Crippen molar-refractivity contribution in [1.29, 1.82) is 0 Å². The van der Waals surface area contributed by atoms with Crippen molar-refractivity contribution in [1.82, 2.24) is 14.9 Å². The van der Waals surface area contributed by atoms with E-state index < -0.39 is 16.1 Å². The van der Waals surface area contributed by atoms with Gasteiger partial charge in [0.05, 0.1) is 18.1 Å². The third-order valence-corrected chi connectivity index (χ3v) is 6.40. The average Bonchev–Trinajstić information content (AvgIpc) is 2.66. The summed E-state index contributed by atoms with van der Waals surface area (Å²) in [6, 6.07) is 5.80. The minimum absolute atomic E-state index is 0.117. The van der Waals surface area contributed by atoms with Gasteiger partial charge in [0.2, 0.25) is 15.9 Å². The van der Waals surface area contributed by atoms with Gasteiger partial charge in [-0.25, -0.2) is 8.42 Å². The Balaban J connectivity index is 1.98. The van der Waals surface area contributed by atoms with Gasteiger partial charge in [-0.3, -0.25) is 9.69 Å². The number of sulfonamides is 1. The lowest BCUT2D eigenvalue weighted by molar-refractivity contribution is -0.123. The van der Waals surface area contributed by atoms with E-state index in [4.69, 9.17) is 4.74 Å². The Morgan fingerprint density at radius 3 is 2.44 bits per heavy atom. The zero-order valence-corrected chi connectivity index (χ0v) is 17.2. The summed E-state index contributed by atoms with van der Waals surface area (Å²) >= 11 is 0. The van der Waals surface area contributed by atoms with Crippen molar-refractivity contribution < 1.29 is 17.9 Å². The minimum atomic E-state index is -3.76. The summed E-state index contributed by atoms with van der Waals surface area (Å²) in [4.78, 5) is 15.1. The molecule has 0 spiro atoms. The fourth-order valence-electron chi connectivity index (χ4n) is 2.89. The molecule has 1 heterocycles. The van der Waals surface area contributed by atoms with Gasteiger partial charge in [-0.05, 0) is 25.0 Å². The number of ether oxygens (including phenoxy) is 1. The molecule has 1 aliphatic rings. The van der Waals surface area contributed by atoms with Gasteiger partial charge in [0.1, 0.15) is 6.04 Å². The molecular weight excluding hydrogens is 366 g/mol. The van der Waals surface area contributed by atoms with Crippen LogP contribution in [0.15, 0.2) is 29.2 Å². The van der Waals surface area contributed by atoms with E-state index in [0.717, 1.165) is 25.2 Å². The van der Waals surface area contributed by atoms with Crippen LogP contribution < -0.4 is 10.0 Å². The molecule has 0 radical (unpaired) electrons. The standard InChI is InChI=1S/C19H31N3O4S/c1-4-16(3)18(19(23)20-9-10-22-11-13-26-14-12-22)21-27(24,25)17-7-5-15(2)6-8-17/h5-8,16,18,21H,4,9-14H2,1-3H3,(H,20,23). The van der Waals surface area contributed by atoms with Gasteiger partial charge in [-0.15, -0.1) is 0 Å². The smallest absolute Gasteiger partial charge is 0.241 e. The Hall–Kier alpha value is -1.48. The highest BCUT2D eigenvalue weighted by Crippen LogP contribution is 2.15. The van der Waals surface area contributed by atoms with Gasteiger partial charge in [-0.1, -0.05) is 38.0 Å². The second kappa shape index (κ2) is 10.2. The molecule has 8 heteroatoms. The maximum atomic E-state index is 12.7. The molecule has 1 aromatic carbocycles. The fraction of sp³-hybridized carbons (Fsp3) is 0.632. The number of morpholine rings is 1. The van der Waals surface area contributed by atoms with Crippen molar-refractivity contribution in [3.8, 4) is 0 Å². The first-order chi connectivity index (χ1) is 12.8. The lowest BCUT2D eigenvalue weighted by Crippen LogP contribution is -2.51.